The maximum atomic E-state index is 14.3. The van der Waals surface area contributed by atoms with E-state index in [0.29, 0.717) is 15.8 Å². The first kappa shape index (κ1) is 25.6. The average molecular weight is 526 g/mol. The highest BCUT2D eigenvalue weighted by atomic mass is 35.5. The molecule has 0 N–H and O–H groups in total. The molecule has 0 aliphatic heterocycles. The fourth-order valence-electron chi connectivity index (χ4n) is 3.79. The zero-order valence-electron chi connectivity index (χ0n) is 19.5. The van der Waals surface area contributed by atoms with E-state index in [4.69, 9.17) is 37.4 Å². The van der Waals surface area contributed by atoms with Gasteiger partial charge in [0.1, 0.15) is 17.9 Å². The summed E-state index contributed by atoms with van der Waals surface area (Å²) in [5.41, 5.74) is 0.666. The van der Waals surface area contributed by atoms with E-state index in [1.54, 1.807) is 54.6 Å². The first-order chi connectivity index (χ1) is 17.2. The van der Waals surface area contributed by atoms with Crippen LogP contribution in [0.1, 0.15) is 31.1 Å². The Morgan fingerprint density at radius 3 is 2.47 bits per heavy atom. The Bertz CT molecular complexity index is 1320. The van der Waals surface area contributed by atoms with E-state index < -0.39 is 24.2 Å². The SMILES string of the molecule is CC1(C)[C@H](C=C(Cl)c2ccc(Cl)cc2)[C@H]1OC(=O)OC(C#N)c1ccc(F)c(Oc2ccccc2)c1. The molecule has 1 saturated carbocycles. The first-order valence-electron chi connectivity index (χ1n) is 11.1. The molecule has 0 radical (unpaired) electrons. The molecule has 1 unspecified atom stereocenters. The number of nitriles is 1. The molecule has 0 spiro atoms. The summed E-state index contributed by atoms with van der Waals surface area (Å²) in [6.07, 6.45) is -0.981. The zero-order chi connectivity index (χ0) is 25.9. The Hall–Kier alpha value is -3.53. The maximum Gasteiger partial charge on any atom is 0.510 e. The summed E-state index contributed by atoms with van der Waals surface area (Å²) >= 11 is 12.4. The summed E-state index contributed by atoms with van der Waals surface area (Å²) in [4.78, 5) is 12.5. The molecule has 5 nitrogen and oxygen atoms in total. The summed E-state index contributed by atoms with van der Waals surface area (Å²) in [6, 6.07) is 21.4. The third kappa shape index (κ3) is 5.81. The van der Waals surface area contributed by atoms with Crippen LogP contribution in [0.25, 0.3) is 5.03 Å². The maximum absolute atomic E-state index is 14.3. The number of carbonyl (C=O) groups is 1. The van der Waals surface area contributed by atoms with E-state index in [-0.39, 0.29) is 22.6 Å². The Morgan fingerprint density at radius 2 is 1.81 bits per heavy atom. The molecule has 8 heteroatoms. The zero-order valence-corrected chi connectivity index (χ0v) is 21.0. The molecule has 4 rings (SSSR count). The molecule has 0 saturated heterocycles. The van der Waals surface area contributed by atoms with Crippen molar-refractivity contribution in [2.24, 2.45) is 11.3 Å². The number of halogens is 3. The van der Waals surface area contributed by atoms with E-state index in [9.17, 15) is 14.4 Å². The summed E-state index contributed by atoms with van der Waals surface area (Å²) in [5.74, 6) is -0.435. The average Bonchev–Trinajstić information content (AvgIpc) is 3.37. The second kappa shape index (κ2) is 10.6. The summed E-state index contributed by atoms with van der Waals surface area (Å²) < 4.78 is 30.6. The third-order valence-corrected chi connectivity index (χ3v) is 6.64. The van der Waals surface area contributed by atoms with Crippen LogP contribution in [0, 0.1) is 28.5 Å². The van der Waals surface area contributed by atoms with Crippen molar-refractivity contribution in [2.75, 3.05) is 0 Å². The normalized spacial score (nSPS) is 19.1. The van der Waals surface area contributed by atoms with Gasteiger partial charge < -0.3 is 14.2 Å². The molecule has 1 aliphatic carbocycles. The van der Waals surface area contributed by atoms with Gasteiger partial charge in [-0.1, -0.05) is 79.5 Å². The predicted octanol–water partition coefficient (Wildman–Crippen LogP) is 8.29. The minimum Gasteiger partial charge on any atom is -0.454 e. The Labute approximate surface area is 218 Å². The summed E-state index contributed by atoms with van der Waals surface area (Å²) in [7, 11) is 0. The molecule has 36 heavy (non-hydrogen) atoms. The monoisotopic (exact) mass is 525 g/mol. The third-order valence-electron chi connectivity index (χ3n) is 6.04. The molecule has 1 fully saturated rings. The van der Waals surface area contributed by atoms with E-state index in [0.717, 1.165) is 11.6 Å². The van der Waals surface area contributed by atoms with Gasteiger partial charge in [-0.25, -0.2) is 9.18 Å². The molecular formula is C28H22Cl2FNO4. The van der Waals surface area contributed by atoms with Crippen LogP contribution in [0.2, 0.25) is 5.02 Å². The van der Waals surface area contributed by atoms with Crippen molar-refractivity contribution in [3.05, 3.63) is 101 Å². The number of ether oxygens (including phenoxy) is 3. The van der Waals surface area contributed by atoms with Crippen LogP contribution >= 0.6 is 23.2 Å². The first-order valence-corrected chi connectivity index (χ1v) is 11.9. The number of benzene rings is 3. The number of hydrogen-bond donors (Lipinski definition) is 0. The Balaban J connectivity index is 1.42. The van der Waals surface area contributed by atoms with Crippen molar-refractivity contribution in [1.29, 1.82) is 5.26 Å². The van der Waals surface area contributed by atoms with Crippen LogP contribution < -0.4 is 4.74 Å². The van der Waals surface area contributed by atoms with E-state index in [1.165, 1.54) is 12.1 Å². The molecule has 3 atom stereocenters. The number of rotatable bonds is 7. The minimum atomic E-state index is -1.32. The molecule has 184 valence electrons. The molecule has 3 aromatic carbocycles. The van der Waals surface area contributed by atoms with Crippen LogP contribution in [0.4, 0.5) is 9.18 Å². The second-order valence-electron chi connectivity index (χ2n) is 8.89. The van der Waals surface area contributed by atoms with Gasteiger partial charge in [-0.15, -0.1) is 0 Å². The van der Waals surface area contributed by atoms with Crippen LogP contribution in [-0.2, 0) is 9.47 Å². The van der Waals surface area contributed by atoms with Gasteiger partial charge in [-0.3, -0.25) is 0 Å². The van der Waals surface area contributed by atoms with Gasteiger partial charge >= 0.3 is 6.16 Å². The lowest BCUT2D eigenvalue weighted by Crippen LogP contribution is -2.15. The number of hydrogen-bond acceptors (Lipinski definition) is 5. The van der Waals surface area contributed by atoms with Crippen LogP contribution in [0.3, 0.4) is 0 Å². The highest BCUT2D eigenvalue weighted by molar-refractivity contribution is 6.48. The Kier molecular flexibility index (Phi) is 7.53. The molecule has 0 bridgehead atoms. The van der Waals surface area contributed by atoms with E-state index >= 15 is 0 Å². The second-order valence-corrected chi connectivity index (χ2v) is 9.73. The van der Waals surface area contributed by atoms with E-state index in [2.05, 4.69) is 0 Å². The standard InChI is InChI=1S/C28H22Cl2FNO4/c1-28(2)21(15-22(30)17-8-11-19(29)12-9-17)26(28)36-27(33)35-25(16-32)18-10-13-23(31)24(14-18)34-20-6-4-3-5-7-20/h3-15,21,25-26H,1-2H3/t21-,25?,26-/m1/s1. The molecule has 0 aromatic heterocycles. The van der Waals surface area contributed by atoms with Gasteiger partial charge in [0, 0.05) is 27.0 Å². The number of nitrogens with zero attached hydrogens (tertiary/aromatic N) is 1. The molecule has 1 aliphatic rings. The Morgan fingerprint density at radius 1 is 1.11 bits per heavy atom. The number of para-hydroxylation sites is 1. The summed E-state index contributed by atoms with van der Waals surface area (Å²) in [6.45, 7) is 3.88. The van der Waals surface area contributed by atoms with Crippen molar-refractivity contribution in [2.45, 2.75) is 26.1 Å². The lowest BCUT2D eigenvalue weighted by Gasteiger charge is -2.14. The van der Waals surface area contributed by atoms with Gasteiger partial charge in [0.25, 0.3) is 0 Å². The van der Waals surface area contributed by atoms with Crippen molar-refractivity contribution in [1.82, 2.24) is 0 Å². The lowest BCUT2D eigenvalue weighted by atomic mass is 10.1. The van der Waals surface area contributed by atoms with Gasteiger partial charge in [-0.05, 0) is 42.0 Å². The molecule has 0 heterocycles. The molecular weight excluding hydrogens is 504 g/mol. The minimum absolute atomic E-state index is 0.0960. The fourth-order valence-corrected chi connectivity index (χ4v) is 4.18. The van der Waals surface area contributed by atoms with E-state index in [1.807, 2.05) is 26.0 Å². The fraction of sp³-hybridized carbons (Fsp3) is 0.214. The van der Waals surface area contributed by atoms with Crippen LogP contribution in [-0.4, -0.2) is 12.3 Å². The summed E-state index contributed by atoms with van der Waals surface area (Å²) in [5, 5.41) is 10.7. The van der Waals surface area contributed by atoms with Crippen LogP contribution in [0.5, 0.6) is 11.5 Å². The smallest absolute Gasteiger partial charge is 0.454 e. The molecule has 0 amide bonds. The van der Waals surface area contributed by atoms with Crippen molar-refractivity contribution >= 4 is 34.4 Å². The van der Waals surface area contributed by atoms with Gasteiger partial charge in [0.15, 0.2) is 11.6 Å². The van der Waals surface area contributed by atoms with Crippen molar-refractivity contribution in [3.63, 3.8) is 0 Å². The van der Waals surface area contributed by atoms with Gasteiger partial charge in [0.2, 0.25) is 6.10 Å². The van der Waals surface area contributed by atoms with Crippen molar-refractivity contribution < 1.29 is 23.4 Å². The molecule has 3 aromatic rings. The lowest BCUT2D eigenvalue weighted by molar-refractivity contribution is 0.0255. The predicted molar refractivity (Wildman–Crippen MR) is 135 cm³/mol. The van der Waals surface area contributed by atoms with Crippen molar-refractivity contribution in [3.8, 4) is 17.6 Å². The van der Waals surface area contributed by atoms with Gasteiger partial charge in [-0.2, -0.15) is 5.26 Å². The number of carbonyl (C=O) groups excluding carboxylic acids is 1. The quantitative estimate of drug-likeness (QED) is 0.290. The highest BCUT2D eigenvalue weighted by Gasteiger charge is 2.60. The van der Waals surface area contributed by atoms with Gasteiger partial charge in [0.05, 0.1) is 0 Å². The topological polar surface area (TPSA) is 68.5 Å². The van der Waals surface area contributed by atoms with Crippen LogP contribution in [0.15, 0.2) is 78.9 Å². The highest BCUT2D eigenvalue weighted by Crippen LogP contribution is 2.56. The largest absolute Gasteiger partial charge is 0.510 e.